The van der Waals surface area contributed by atoms with Gasteiger partial charge >= 0.3 is 0 Å². The van der Waals surface area contributed by atoms with Crippen LogP contribution in [0.5, 0.6) is 0 Å². The van der Waals surface area contributed by atoms with Gasteiger partial charge in [0, 0.05) is 17.7 Å². The summed E-state index contributed by atoms with van der Waals surface area (Å²) in [6.07, 6.45) is -1.10. The van der Waals surface area contributed by atoms with Gasteiger partial charge in [-0.3, -0.25) is 19.5 Å². The van der Waals surface area contributed by atoms with Crippen molar-refractivity contribution in [2.45, 2.75) is 31.5 Å². The number of aliphatic hydroxyl groups is 2. The maximum absolute atomic E-state index is 12.5. The molecule has 3 N–H and O–H groups in total. The Morgan fingerprint density at radius 1 is 1.21 bits per heavy atom. The summed E-state index contributed by atoms with van der Waals surface area (Å²) in [5.41, 5.74) is 0.626. The Hall–Kier alpha value is -3.48. The van der Waals surface area contributed by atoms with Gasteiger partial charge < -0.3 is 20.3 Å². The molecule has 3 aromatic rings. The lowest BCUT2D eigenvalue weighted by Gasteiger charge is -2.16. The molecule has 1 aliphatic rings. The van der Waals surface area contributed by atoms with Gasteiger partial charge in [-0.15, -0.1) is 0 Å². The van der Waals surface area contributed by atoms with E-state index in [-0.39, 0.29) is 22.6 Å². The highest BCUT2D eigenvalue weighted by Crippen LogP contribution is 2.32. The van der Waals surface area contributed by atoms with E-state index in [1.54, 1.807) is 6.92 Å². The van der Waals surface area contributed by atoms with E-state index >= 15 is 0 Å². The number of carbonyl (C=O) groups is 1. The fourth-order valence-electron chi connectivity index (χ4n) is 3.10. The van der Waals surface area contributed by atoms with Crippen LogP contribution in [0.25, 0.3) is 11.2 Å². The van der Waals surface area contributed by atoms with Crippen molar-refractivity contribution < 1.29 is 24.7 Å². The Labute approximate surface area is 162 Å². The third-order valence-electron chi connectivity index (χ3n) is 4.68. The number of hydrogen-bond donors (Lipinski definition) is 3. The zero-order chi connectivity index (χ0) is 20.7. The first-order valence-corrected chi connectivity index (χ1v) is 8.61. The first kappa shape index (κ1) is 18.9. The second-order valence-electron chi connectivity index (χ2n) is 6.52. The van der Waals surface area contributed by atoms with Crippen LogP contribution in [-0.2, 0) is 4.74 Å². The summed E-state index contributed by atoms with van der Waals surface area (Å²) in [5, 5.41) is 33.4. The van der Waals surface area contributed by atoms with Gasteiger partial charge in [-0.25, -0.2) is 15.0 Å². The van der Waals surface area contributed by atoms with E-state index in [1.165, 1.54) is 41.5 Å². The van der Waals surface area contributed by atoms with Gasteiger partial charge in [0.2, 0.25) is 0 Å². The molecule has 0 radical (unpaired) electrons. The number of anilines is 1. The second-order valence-corrected chi connectivity index (χ2v) is 6.52. The van der Waals surface area contributed by atoms with E-state index in [2.05, 4.69) is 20.3 Å². The number of rotatable bonds is 4. The summed E-state index contributed by atoms with van der Waals surface area (Å²) in [6.45, 7) is 1.64. The second kappa shape index (κ2) is 7.16. The topological polar surface area (TPSA) is 166 Å². The van der Waals surface area contributed by atoms with Crippen molar-refractivity contribution in [1.82, 2.24) is 19.5 Å². The van der Waals surface area contributed by atoms with Gasteiger partial charge in [-0.2, -0.15) is 0 Å². The Kier molecular flexibility index (Phi) is 4.66. The lowest BCUT2D eigenvalue weighted by molar-refractivity contribution is -0.384. The average Bonchev–Trinajstić information content (AvgIpc) is 3.25. The number of nitrogens with zero attached hydrogens (tertiary/aromatic N) is 5. The molecule has 2 aromatic heterocycles. The molecule has 4 atom stereocenters. The quantitative estimate of drug-likeness (QED) is 0.420. The van der Waals surface area contributed by atoms with Crippen LogP contribution < -0.4 is 5.32 Å². The van der Waals surface area contributed by atoms with Crippen LogP contribution >= 0.6 is 0 Å². The van der Waals surface area contributed by atoms with E-state index in [1.807, 2.05) is 0 Å². The maximum atomic E-state index is 12.5. The Morgan fingerprint density at radius 3 is 2.55 bits per heavy atom. The molecular formula is C17H16N6O6. The van der Waals surface area contributed by atoms with Gasteiger partial charge in [0.05, 0.1) is 17.4 Å². The zero-order valence-corrected chi connectivity index (χ0v) is 15.0. The standard InChI is InChI=1S/C17H16N6O6/c1-8-12(24)13(25)17(29-8)22-7-20-11-14(18-6-19-15(11)22)21-16(26)9-2-4-10(5-3-9)23(27)28/h2-8,12-13,17,24-25H,1H3,(H,18,19,21,26)/t8-,12-,13-,17-/m1/s1. The minimum atomic E-state index is -1.17. The number of benzene rings is 1. The molecular weight excluding hydrogens is 384 g/mol. The minimum Gasteiger partial charge on any atom is -0.388 e. The van der Waals surface area contributed by atoms with E-state index in [0.717, 1.165) is 0 Å². The average molecular weight is 400 g/mol. The molecule has 12 nitrogen and oxygen atoms in total. The van der Waals surface area contributed by atoms with E-state index in [4.69, 9.17) is 4.74 Å². The predicted molar refractivity (Wildman–Crippen MR) is 98.0 cm³/mol. The number of fused-ring (bicyclic) bond motifs is 1. The lowest BCUT2D eigenvalue weighted by Crippen LogP contribution is -2.30. The zero-order valence-electron chi connectivity index (χ0n) is 15.0. The molecule has 1 saturated heterocycles. The number of carbonyl (C=O) groups excluding carboxylic acids is 1. The van der Waals surface area contributed by atoms with Crippen LogP contribution in [0.15, 0.2) is 36.9 Å². The minimum absolute atomic E-state index is 0.123. The number of ether oxygens (including phenoxy) is 1. The maximum Gasteiger partial charge on any atom is 0.269 e. The van der Waals surface area contributed by atoms with Crippen LogP contribution in [0.1, 0.15) is 23.5 Å². The van der Waals surface area contributed by atoms with Gasteiger partial charge in [-0.05, 0) is 19.1 Å². The van der Waals surface area contributed by atoms with Gasteiger partial charge in [0.25, 0.3) is 11.6 Å². The molecule has 0 aliphatic carbocycles. The van der Waals surface area contributed by atoms with Crippen LogP contribution in [0.4, 0.5) is 11.5 Å². The molecule has 1 aromatic carbocycles. The highest BCUT2D eigenvalue weighted by Gasteiger charge is 2.42. The third-order valence-corrected chi connectivity index (χ3v) is 4.68. The third kappa shape index (κ3) is 3.29. The smallest absolute Gasteiger partial charge is 0.269 e. The fourth-order valence-corrected chi connectivity index (χ4v) is 3.10. The Bertz CT molecular complexity index is 1080. The molecule has 0 unspecified atom stereocenters. The number of imidazole rings is 1. The number of amides is 1. The molecule has 0 bridgehead atoms. The first-order chi connectivity index (χ1) is 13.9. The monoisotopic (exact) mass is 400 g/mol. The Morgan fingerprint density at radius 2 is 1.93 bits per heavy atom. The van der Waals surface area contributed by atoms with Crippen molar-refractivity contribution in [3.05, 3.63) is 52.6 Å². The van der Waals surface area contributed by atoms with Crippen molar-refractivity contribution in [2.24, 2.45) is 0 Å². The van der Waals surface area contributed by atoms with Crippen LogP contribution in [0.3, 0.4) is 0 Å². The summed E-state index contributed by atoms with van der Waals surface area (Å²) >= 11 is 0. The molecule has 150 valence electrons. The highest BCUT2D eigenvalue weighted by atomic mass is 16.6. The van der Waals surface area contributed by atoms with Gasteiger partial charge in [0.15, 0.2) is 23.2 Å². The number of nitro groups is 1. The molecule has 1 fully saturated rings. The number of nitrogens with one attached hydrogen (secondary N) is 1. The molecule has 1 aliphatic heterocycles. The normalized spacial score (nSPS) is 24.0. The highest BCUT2D eigenvalue weighted by molar-refractivity contribution is 6.06. The Balaban J connectivity index is 1.61. The van der Waals surface area contributed by atoms with E-state index < -0.39 is 35.4 Å². The van der Waals surface area contributed by atoms with Crippen molar-refractivity contribution >= 4 is 28.6 Å². The fraction of sp³-hybridized carbons (Fsp3) is 0.294. The number of non-ortho nitro benzene ring substituents is 1. The summed E-state index contributed by atoms with van der Waals surface area (Å²) in [5.74, 6) is -0.408. The molecule has 12 heteroatoms. The molecule has 4 rings (SSSR count). The van der Waals surface area contributed by atoms with Crippen molar-refractivity contribution in [2.75, 3.05) is 5.32 Å². The van der Waals surface area contributed by atoms with Gasteiger partial charge in [0.1, 0.15) is 18.5 Å². The van der Waals surface area contributed by atoms with E-state index in [0.29, 0.717) is 5.65 Å². The van der Waals surface area contributed by atoms with Crippen LogP contribution in [0.2, 0.25) is 0 Å². The lowest BCUT2D eigenvalue weighted by atomic mass is 10.1. The summed E-state index contributed by atoms with van der Waals surface area (Å²) in [6, 6.07) is 5.11. The number of hydrogen-bond acceptors (Lipinski definition) is 9. The van der Waals surface area contributed by atoms with Gasteiger partial charge in [-0.1, -0.05) is 0 Å². The van der Waals surface area contributed by atoms with Crippen molar-refractivity contribution in [1.29, 1.82) is 0 Å². The van der Waals surface area contributed by atoms with Crippen molar-refractivity contribution in [3.8, 4) is 0 Å². The molecule has 29 heavy (non-hydrogen) atoms. The molecule has 3 heterocycles. The SMILES string of the molecule is C[C@H]1O[C@@H](n2cnc3c(NC(=O)c4ccc([N+](=O)[O-])cc4)ncnc32)[C@H](O)[C@@H]1O. The summed E-state index contributed by atoms with van der Waals surface area (Å²) < 4.78 is 7.03. The van der Waals surface area contributed by atoms with E-state index in [9.17, 15) is 25.1 Å². The first-order valence-electron chi connectivity index (χ1n) is 8.61. The van der Waals surface area contributed by atoms with Crippen LogP contribution in [-0.4, -0.2) is 58.9 Å². The number of aliphatic hydroxyl groups excluding tert-OH is 2. The largest absolute Gasteiger partial charge is 0.388 e. The number of nitro benzene ring substituents is 1. The summed E-state index contributed by atoms with van der Waals surface area (Å²) in [4.78, 5) is 35.0. The summed E-state index contributed by atoms with van der Waals surface area (Å²) in [7, 11) is 0. The molecule has 0 spiro atoms. The van der Waals surface area contributed by atoms with Crippen LogP contribution in [0, 0.1) is 10.1 Å². The predicted octanol–water partition coefficient (Wildman–Crippen LogP) is 0.626. The van der Waals surface area contributed by atoms with Crippen molar-refractivity contribution in [3.63, 3.8) is 0 Å². The number of aromatic nitrogens is 4. The molecule has 1 amide bonds. The molecule has 0 saturated carbocycles.